The maximum Gasteiger partial charge on any atom is 0.365 e. The Balaban J connectivity index is 2.68. The zero-order chi connectivity index (χ0) is 9.42. The fraction of sp³-hybridized carbons (Fsp3) is 0.143. The molecule has 0 aromatic carbocycles. The summed E-state index contributed by atoms with van der Waals surface area (Å²) in [5.74, 6) is -0.435. The third kappa shape index (κ3) is 1.35. The van der Waals surface area contributed by atoms with Gasteiger partial charge in [0.2, 0.25) is 5.01 Å². The van der Waals surface area contributed by atoms with Gasteiger partial charge < -0.3 is 5.11 Å². The number of hydrogen-bond acceptors (Lipinski definition) is 5. The molecule has 66 valence electrons. The highest BCUT2D eigenvalue weighted by Gasteiger charge is 2.11. The van der Waals surface area contributed by atoms with Gasteiger partial charge in [-0.25, -0.2) is 19.7 Å². The first kappa shape index (κ1) is 8.06. The monoisotopic (exact) mass is 195 g/mol. The molecule has 5 nitrogen and oxygen atoms in total. The second-order valence-corrected chi connectivity index (χ2v) is 3.46. The van der Waals surface area contributed by atoms with E-state index in [2.05, 4.69) is 15.0 Å². The highest BCUT2D eigenvalue weighted by Crippen LogP contribution is 2.19. The van der Waals surface area contributed by atoms with Crippen LogP contribution in [0.4, 0.5) is 0 Å². The van der Waals surface area contributed by atoms with Gasteiger partial charge in [-0.3, -0.25) is 0 Å². The molecule has 6 heteroatoms. The van der Waals surface area contributed by atoms with Crippen LogP contribution in [0.5, 0.6) is 0 Å². The minimum Gasteiger partial charge on any atom is -0.476 e. The van der Waals surface area contributed by atoms with Gasteiger partial charge in [0.1, 0.15) is 5.82 Å². The van der Waals surface area contributed by atoms with Crippen molar-refractivity contribution in [2.24, 2.45) is 0 Å². The molecule has 0 radical (unpaired) electrons. The van der Waals surface area contributed by atoms with Crippen molar-refractivity contribution in [1.29, 1.82) is 0 Å². The number of carboxylic acids is 1. The summed E-state index contributed by atoms with van der Waals surface area (Å²) in [6, 6.07) is 0. The minimum absolute atomic E-state index is 0.0508. The van der Waals surface area contributed by atoms with Crippen molar-refractivity contribution in [3.63, 3.8) is 0 Å². The fourth-order valence-corrected chi connectivity index (χ4v) is 1.63. The van der Waals surface area contributed by atoms with E-state index in [1.807, 2.05) is 0 Å². The maximum atomic E-state index is 10.6. The van der Waals surface area contributed by atoms with Crippen LogP contribution in [0.1, 0.15) is 15.6 Å². The average Bonchev–Trinajstić information content (AvgIpc) is 2.46. The molecule has 2 aromatic heterocycles. The predicted molar refractivity (Wildman–Crippen MR) is 46.9 cm³/mol. The zero-order valence-electron chi connectivity index (χ0n) is 6.68. The van der Waals surface area contributed by atoms with E-state index >= 15 is 0 Å². The lowest BCUT2D eigenvalue weighted by Gasteiger charge is -1.87. The van der Waals surface area contributed by atoms with Gasteiger partial charge in [-0.1, -0.05) is 0 Å². The number of carboxylic acid groups (broad SMARTS) is 1. The molecule has 0 bridgehead atoms. The molecule has 0 saturated carbocycles. The van der Waals surface area contributed by atoms with Gasteiger partial charge in [0.15, 0.2) is 5.65 Å². The van der Waals surface area contributed by atoms with Crippen molar-refractivity contribution in [2.45, 2.75) is 6.92 Å². The van der Waals surface area contributed by atoms with Crippen LogP contribution in [0.2, 0.25) is 0 Å². The van der Waals surface area contributed by atoms with Crippen LogP contribution < -0.4 is 0 Å². The van der Waals surface area contributed by atoms with Crippen LogP contribution in [0, 0.1) is 6.92 Å². The van der Waals surface area contributed by atoms with Gasteiger partial charge in [-0.05, 0) is 6.92 Å². The number of carbonyl (C=O) groups is 1. The molecule has 1 N–H and O–H groups in total. The summed E-state index contributed by atoms with van der Waals surface area (Å²) in [5.41, 5.74) is 0.454. The SMILES string of the molecule is Cc1ncc2sc(C(=O)O)nc2n1. The number of hydrogen-bond donors (Lipinski definition) is 1. The van der Waals surface area contributed by atoms with Crippen LogP contribution in [-0.4, -0.2) is 26.0 Å². The van der Waals surface area contributed by atoms with Crippen molar-refractivity contribution >= 4 is 27.7 Å². The molecule has 13 heavy (non-hydrogen) atoms. The van der Waals surface area contributed by atoms with Crippen LogP contribution >= 0.6 is 11.3 Å². The molecule has 0 saturated heterocycles. The quantitative estimate of drug-likeness (QED) is 0.737. The van der Waals surface area contributed by atoms with Gasteiger partial charge in [-0.15, -0.1) is 11.3 Å². The van der Waals surface area contributed by atoms with Crippen molar-refractivity contribution in [1.82, 2.24) is 15.0 Å². The number of aryl methyl sites for hydroxylation is 1. The molecule has 0 aliphatic rings. The van der Waals surface area contributed by atoms with E-state index in [-0.39, 0.29) is 5.01 Å². The molecule has 0 fully saturated rings. The first-order chi connectivity index (χ1) is 6.16. The molecule has 2 rings (SSSR count). The molecule has 2 aromatic rings. The van der Waals surface area contributed by atoms with Gasteiger partial charge in [0.25, 0.3) is 0 Å². The van der Waals surface area contributed by atoms with Crippen molar-refractivity contribution < 1.29 is 9.90 Å². The number of fused-ring (bicyclic) bond motifs is 1. The van der Waals surface area contributed by atoms with Gasteiger partial charge >= 0.3 is 5.97 Å². The lowest BCUT2D eigenvalue weighted by molar-refractivity contribution is 0.0696. The smallest absolute Gasteiger partial charge is 0.365 e. The topological polar surface area (TPSA) is 76.0 Å². The number of nitrogens with zero attached hydrogens (tertiary/aromatic N) is 3. The molecule has 0 aliphatic carbocycles. The summed E-state index contributed by atoms with van der Waals surface area (Å²) in [6.45, 7) is 1.74. The van der Waals surface area contributed by atoms with E-state index < -0.39 is 5.97 Å². The van der Waals surface area contributed by atoms with Gasteiger partial charge in [-0.2, -0.15) is 0 Å². The first-order valence-corrected chi connectivity index (χ1v) is 4.32. The van der Waals surface area contributed by atoms with Crippen LogP contribution in [0.15, 0.2) is 6.20 Å². The normalized spacial score (nSPS) is 10.5. The highest BCUT2D eigenvalue weighted by molar-refractivity contribution is 7.20. The van der Waals surface area contributed by atoms with E-state index in [9.17, 15) is 4.79 Å². The Kier molecular flexibility index (Phi) is 1.70. The predicted octanol–water partition coefficient (Wildman–Crippen LogP) is 1.09. The molecule has 0 atom stereocenters. The lowest BCUT2D eigenvalue weighted by Crippen LogP contribution is -1.94. The molecule has 0 amide bonds. The number of rotatable bonds is 1. The summed E-state index contributed by atoms with van der Waals surface area (Å²) in [4.78, 5) is 22.3. The zero-order valence-corrected chi connectivity index (χ0v) is 7.50. The van der Waals surface area contributed by atoms with E-state index in [4.69, 9.17) is 5.11 Å². The standard InChI is InChI=1S/C7H5N3O2S/c1-3-8-2-4-5(9-3)10-6(13-4)7(11)12/h2H,1H3,(H,11,12). The molecule has 0 unspecified atom stereocenters. The number of aromatic carboxylic acids is 1. The second kappa shape index (κ2) is 2.74. The third-order valence-electron chi connectivity index (χ3n) is 1.45. The summed E-state index contributed by atoms with van der Waals surface area (Å²) in [5, 5.41) is 8.71. The van der Waals surface area contributed by atoms with Crippen LogP contribution in [0.25, 0.3) is 10.3 Å². The Morgan fingerprint density at radius 2 is 2.31 bits per heavy atom. The van der Waals surface area contributed by atoms with E-state index in [1.54, 1.807) is 13.1 Å². The Morgan fingerprint density at radius 3 is 3.00 bits per heavy atom. The molecule has 0 spiro atoms. The maximum absolute atomic E-state index is 10.6. The van der Waals surface area contributed by atoms with E-state index in [0.29, 0.717) is 16.2 Å². The summed E-state index contributed by atoms with van der Waals surface area (Å²) >= 11 is 1.08. The summed E-state index contributed by atoms with van der Waals surface area (Å²) in [6.07, 6.45) is 1.59. The lowest BCUT2D eigenvalue weighted by atomic mass is 10.6. The third-order valence-corrected chi connectivity index (χ3v) is 2.42. The van der Waals surface area contributed by atoms with E-state index in [0.717, 1.165) is 11.3 Å². The Morgan fingerprint density at radius 1 is 1.54 bits per heavy atom. The largest absolute Gasteiger partial charge is 0.476 e. The minimum atomic E-state index is -1.03. The number of aromatic nitrogens is 3. The van der Waals surface area contributed by atoms with Crippen molar-refractivity contribution in [3.05, 3.63) is 17.0 Å². The average molecular weight is 195 g/mol. The van der Waals surface area contributed by atoms with Gasteiger partial charge in [0, 0.05) is 0 Å². The highest BCUT2D eigenvalue weighted by atomic mass is 32.1. The van der Waals surface area contributed by atoms with Crippen LogP contribution in [0.3, 0.4) is 0 Å². The van der Waals surface area contributed by atoms with Crippen molar-refractivity contribution in [2.75, 3.05) is 0 Å². The van der Waals surface area contributed by atoms with Crippen LogP contribution in [-0.2, 0) is 0 Å². The number of thiazole rings is 1. The fourth-order valence-electron chi connectivity index (χ4n) is 0.914. The Bertz CT molecular complexity index is 480. The first-order valence-electron chi connectivity index (χ1n) is 3.50. The van der Waals surface area contributed by atoms with E-state index in [1.165, 1.54) is 0 Å². The summed E-state index contributed by atoms with van der Waals surface area (Å²) in [7, 11) is 0. The molecular formula is C7H5N3O2S. The van der Waals surface area contributed by atoms with Crippen molar-refractivity contribution in [3.8, 4) is 0 Å². The molecule has 0 aliphatic heterocycles. The molecule has 2 heterocycles. The van der Waals surface area contributed by atoms with Gasteiger partial charge in [0.05, 0.1) is 10.9 Å². The second-order valence-electron chi connectivity index (χ2n) is 2.43. The molecular weight excluding hydrogens is 190 g/mol. The Labute approximate surface area is 77.1 Å². The summed E-state index contributed by atoms with van der Waals surface area (Å²) < 4.78 is 0.697. The Hall–Kier alpha value is -1.56.